The lowest BCUT2D eigenvalue weighted by atomic mass is 10.0. The highest BCUT2D eigenvalue weighted by Crippen LogP contribution is 2.42. The second-order valence-corrected chi connectivity index (χ2v) is 6.03. The fourth-order valence-electron chi connectivity index (χ4n) is 2.08. The van der Waals surface area contributed by atoms with Crippen LogP contribution in [-0.2, 0) is 0 Å². The van der Waals surface area contributed by atoms with E-state index in [0.717, 1.165) is 15.4 Å². The topological polar surface area (TPSA) is 74.2 Å². The Bertz CT molecular complexity index is 797. The zero-order valence-corrected chi connectivity index (χ0v) is 13.0. The maximum Gasteiger partial charge on any atom is 0.230 e. The highest BCUT2D eigenvalue weighted by molar-refractivity contribution is 7.15. The Hall–Kier alpha value is -2.05. The molecule has 0 aliphatic heterocycles. The van der Waals surface area contributed by atoms with Gasteiger partial charge in [0.25, 0.3) is 0 Å². The summed E-state index contributed by atoms with van der Waals surface area (Å²) in [5.41, 5.74) is 7.99. The van der Waals surface area contributed by atoms with E-state index in [1.165, 1.54) is 11.3 Å². The van der Waals surface area contributed by atoms with Crippen molar-refractivity contribution in [1.29, 1.82) is 0 Å². The number of anilines is 1. The second-order valence-electron chi connectivity index (χ2n) is 4.36. The van der Waals surface area contributed by atoms with Crippen molar-refractivity contribution in [3.05, 3.63) is 34.4 Å². The maximum absolute atomic E-state index is 6.09. The Morgan fingerprint density at radius 2 is 2.19 bits per heavy atom. The summed E-state index contributed by atoms with van der Waals surface area (Å²) in [6, 6.07) is 5.32. The van der Waals surface area contributed by atoms with Crippen LogP contribution >= 0.6 is 22.9 Å². The molecule has 0 spiro atoms. The molecule has 0 bridgehead atoms. The molecule has 108 valence electrons. The van der Waals surface area contributed by atoms with Gasteiger partial charge in [-0.2, -0.15) is 0 Å². The van der Waals surface area contributed by atoms with Crippen molar-refractivity contribution in [3.63, 3.8) is 0 Å². The van der Waals surface area contributed by atoms with E-state index in [1.54, 1.807) is 31.5 Å². The first-order chi connectivity index (χ1) is 10.1. The quantitative estimate of drug-likeness (QED) is 0.788. The van der Waals surface area contributed by atoms with Crippen LogP contribution in [0.15, 0.2) is 28.9 Å². The van der Waals surface area contributed by atoms with Crippen LogP contribution in [0.3, 0.4) is 0 Å². The van der Waals surface area contributed by atoms with Gasteiger partial charge in [0, 0.05) is 16.8 Å². The van der Waals surface area contributed by atoms with Crippen LogP contribution < -0.4 is 10.5 Å². The molecule has 0 radical (unpaired) electrons. The molecule has 0 saturated heterocycles. The first-order valence-electron chi connectivity index (χ1n) is 6.12. The van der Waals surface area contributed by atoms with Crippen LogP contribution in [0.2, 0.25) is 5.02 Å². The maximum atomic E-state index is 6.09. The monoisotopic (exact) mass is 321 g/mol. The number of benzene rings is 1. The van der Waals surface area contributed by atoms with Gasteiger partial charge in [0.2, 0.25) is 5.88 Å². The molecule has 21 heavy (non-hydrogen) atoms. The lowest BCUT2D eigenvalue weighted by Crippen LogP contribution is -1.91. The summed E-state index contributed by atoms with van der Waals surface area (Å²) in [7, 11) is 1.59. The van der Waals surface area contributed by atoms with E-state index in [4.69, 9.17) is 26.6 Å². The number of thiazole rings is 1. The van der Waals surface area contributed by atoms with Gasteiger partial charge in [0.1, 0.15) is 11.4 Å². The van der Waals surface area contributed by atoms with Gasteiger partial charge in [-0.25, -0.2) is 4.98 Å². The van der Waals surface area contributed by atoms with Gasteiger partial charge in [-0.3, -0.25) is 0 Å². The number of nitrogens with two attached hydrogens (primary N) is 1. The molecule has 2 aromatic heterocycles. The molecule has 0 amide bonds. The number of nitrogen functional groups attached to an aromatic ring is 1. The van der Waals surface area contributed by atoms with E-state index in [2.05, 4.69) is 10.1 Å². The van der Waals surface area contributed by atoms with Crippen molar-refractivity contribution in [2.75, 3.05) is 12.8 Å². The molecule has 0 aliphatic rings. The van der Waals surface area contributed by atoms with Crippen molar-refractivity contribution in [3.8, 4) is 27.4 Å². The number of nitrogens with zero attached hydrogens (tertiary/aromatic N) is 2. The molecule has 3 rings (SSSR count). The van der Waals surface area contributed by atoms with Gasteiger partial charge in [0.05, 0.1) is 22.6 Å². The molecule has 0 saturated carbocycles. The van der Waals surface area contributed by atoms with E-state index < -0.39 is 0 Å². The standard InChI is InChI=1S/C14H12ClN3O2S/c1-7-17-6-11(21-7)13-12(14(16)20-18-13)9-5-8(15)3-4-10(9)19-2/h3-6H,16H2,1-2H3. The third kappa shape index (κ3) is 2.48. The molecule has 1 aromatic carbocycles. The Balaban J connectivity index is 2.24. The fraction of sp³-hybridized carbons (Fsp3) is 0.143. The van der Waals surface area contributed by atoms with E-state index in [-0.39, 0.29) is 5.88 Å². The summed E-state index contributed by atoms with van der Waals surface area (Å²) in [5.74, 6) is 0.869. The first kappa shape index (κ1) is 13.9. The average molecular weight is 322 g/mol. The molecule has 3 aromatic rings. The Labute approximate surface area is 130 Å². The number of hydrogen-bond acceptors (Lipinski definition) is 6. The van der Waals surface area contributed by atoms with E-state index in [9.17, 15) is 0 Å². The number of hydrogen-bond donors (Lipinski definition) is 1. The van der Waals surface area contributed by atoms with Crippen molar-refractivity contribution >= 4 is 28.8 Å². The molecule has 5 nitrogen and oxygen atoms in total. The second kappa shape index (κ2) is 5.38. The lowest BCUT2D eigenvalue weighted by Gasteiger charge is -2.08. The first-order valence-corrected chi connectivity index (χ1v) is 7.31. The van der Waals surface area contributed by atoms with Crippen LogP contribution in [0.1, 0.15) is 5.01 Å². The van der Waals surface area contributed by atoms with Gasteiger partial charge in [0.15, 0.2) is 0 Å². The minimum atomic E-state index is 0.219. The summed E-state index contributed by atoms with van der Waals surface area (Å²) < 4.78 is 10.5. The normalized spacial score (nSPS) is 10.8. The summed E-state index contributed by atoms with van der Waals surface area (Å²) >= 11 is 7.61. The molecule has 0 unspecified atom stereocenters. The van der Waals surface area contributed by atoms with Gasteiger partial charge in [-0.05, 0) is 25.1 Å². The smallest absolute Gasteiger partial charge is 0.230 e. The van der Waals surface area contributed by atoms with Gasteiger partial charge in [-0.1, -0.05) is 16.8 Å². The van der Waals surface area contributed by atoms with E-state index in [0.29, 0.717) is 22.0 Å². The number of methoxy groups -OCH3 is 1. The Kier molecular flexibility index (Phi) is 3.57. The van der Waals surface area contributed by atoms with Crippen molar-refractivity contribution < 1.29 is 9.26 Å². The van der Waals surface area contributed by atoms with Crippen LogP contribution in [-0.4, -0.2) is 17.3 Å². The highest BCUT2D eigenvalue weighted by atomic mass is 35.5. The molecular formula is C14H12ClN3O2S. The number of ether oxygens (including phenoxy) is 1. The fourth-order valence-corrected chi connectivity index (χ4v) is 3.01. The molecular weight excluding hydrogens is 310 g/mol. The van der Waals surface area contributed by atoms with Crippen molar-refractivity contribution in [1.82, 2.24) is 10.1 Å². The van der Waals surface area contributed by atoms with Crippen LogP contribution in [0, 0.1) is 6.92 Å². The molecule has 0 atom stereocenters. The molecule has 2 heterocycles. The van der Waals surface area contributed by atoms with E-state index >= 15 is 0 Å². The van der Waals surface area contributed by atoms with E-state index in [1.807, 2.05) is 6.92 Å². The number of rotatable bonds is 3. The van der Waals surface area contributed by atoms with Crippen LogP contribution in [0.5, 0.6) is 5.75 Å². The number of halogens is 1. The summed E-state index contributed by atoms with van der Waals surface area (Å²) in [5, 5.41) is 5.57. The Morgan fingerprint density at radius 1 is 1.38 bits per heavy atom. The SMILES string of the molecule is COc1ccc(Cl)cc1-c1c(-c2cnc(C)s2)noc1N. The molecule has 2 N–H and O–H groups in total. The highest BCUT2D eigenvalue weighted by Gasteiger charge is 2.22. The predicted molar refractivity (Wildman–Crippen MR) is 83.8 cm³/mol. The average Bonchev–Trinajstić information content (AvgIpc) is 3.04. The summed E-state index contributed by atoms with van der Waals surface area (Å²) in [6.07, 6.45) is 1.75. The largest absolute Gasteiger partial charge is 0.496 e. The van der Waals surface area contributed by atoms with Gasteiger partial charge in [-0.15, -0.1) is 11.3 Å². The minimum Gasteiger partial charge on any atom is -0.496 e. The van der Waals surface area contributed by atoms with Crippen LogP contribution in [0.25, 0.3) is 21.7 Å². The summed E-state index contributed by atoms with van der Waals surface area (Å²) in [6.45, 7) is 1.93. The zero-order chi connectivity index (χ0) is 15.0. The predicted octanol–water partition coefficient (Wildman–Crippen LogP) is 4.02. The zero-order valence-electron chi connectivity index (χ0n) is 11.4. The molecule has 0 aliphatic carbocycles. The minimum absolute atomic E-state index is 0.219. The number of aromatic nitrogens is 2. The van der Waals surface area contributed by atoms with Crippen molar-refractivity contribution in [2.45, 2.75) is 6.92 Å². The molecule has 0 fully saturated rings. The van der Waals surface area contributed by atoms with Gasteiger partial charge < -0.3 is 15.0 Å². The molecule has 7 heteroatoms. The van der Waals surface area contributed by atoms with Gasteiger partial charge >= 0.3 is 0 Å². The van der Waals surface area contributed by atoms with Crippen molar-refractivity contribution in [2.24, 2.45) is 0 Å². The number of aryl methyl sites for hydroxylation is 1. The third-order valence-electron chi connectivity index (χ3n) is 3.00. The lowest BCUT2D eigenvalue weighted by molar-refractivity contribution is 0.416. The third-order valence-corrected chi connectivity index (χ3v) is 4.16. The Morgan fingerprint density at radius 3 is 2.86 bits per heavy atom. The summed E-state index contributed by atoms with van der Waals surface area (Å²) in [4.78, 5) is 5.12. The van der Waals surface area contributed by atoms with Crippen LogP contribution in [0.4, 0.5) is 5.88 Å².